The van der Waals surface area contributed by atoms with Gasteiger partial charge in [-0.1, -0.05) is 12.1 Å². The summed E-state index contributed by atoms with van der Waals surface area (Å²) in [5.41, 5.74) is 3.55. The molecular formula is C16H24N6O. The molecule has 2 aliphatic rings. The van der Waals surface area contributed by atoms with Crippen LogP contribution in [-0.2, 0) is 24.4 Å². The van der Waals surface area contributed by atoms with Crippen molar-refractivity contribution in [3.05, 3.63) is 29.3 Å². The monoisotopic (exact) mass is 316 g/mol. The molecule has 0 aliphatic carbocycles. The summed E-state index contributed by atoms with van der Waals surface area (Å²) in [5, 5.41) is 12.9. The van der Waals surface area contributed by atoms with Crippen LogP contribution in [0.25, 0.3) is 0 Å². The Morgan fingerprint density at radius 3 is 3.17 bits per heavy atom. The molecule has 2 aromatic rings. The number of aryl methyl sites for hydroxylation is 2. The quantitative estimate of drug-likeness (QED) is 0.856. The first kappa shape index (κ1) is 14.8. The fourth-order valence-electron chi connectivity index (χ4n) is 3.69. The van der Waals surface area contributed by atoms with Gasteiger partial charge in [-0.05, 0) is 19.8 Å². The molecule has 0 amide bonds. The lowest BCUT2D eigenvalue weighted by Crippen LogP contribution is -2.47. The van der Waals surface area contributed by atoms with Crippen LogP contribution in [0.5, 0.6) is 0 Å². The minimum absolute atomic E-state index is 0.268. The zero-order valence-electron chi connectivity index (χ0n) is 13.9. The number of nitrogens with zero attached hydrogens (tertiary/aromatic N) is 6. The van der Waals surface area contributed by atoms with Gasteiger partial charge in [0.2, 0.25) is 0 Å². The van der Waals surface area contributed by atoms with Crippen LogP contribution in [-0.4, -0.2) is 48.9 Å². The van der Waals surface area contributed by atoms with E-state index in [0.717, 1.165) is 50.4 Å². The fraction of sp³-hybridized carbons (Fsp3) is 0.688. The van der Waals surface area contributed by atoms with Crippen molar-refractivity contribution >= 4 is 0 Å². The molecule has 0 aromatic carbocycles. The maximum absolute atomic E-state index is 5.98. The van der Waals surface area contributed by atoms with Crippen LogP contribution >= 0.6 is 0 Å². The molecule has 0 bridgehead atoms. The van der Waals surface area contributed by atoms with Gasteiger partial charge in [-0.3, -0.25) is 9.58 Å². The van der Waals surface area contributed by atoms with E-state index in [2.05, 4.69) is 49.7 Å². The van der Waals surface area contributed by atoms with Gasteiger partial charge >= 0.3 is 0 Å². The zero-order chi connectivity index (χ0) is 15.8. The van der Waals surface area contributed by atoms with E-state index < -0.39 is 0 Å². The first-order valence-corrected chi connectivity index (χ1v) is 8.50. The molecule has 0 radical (unpaired) electrons. The molecular weight excluding hydrogens is 292 g/mol. The Morgan fingerprint density at radius 1 is 1.39 bits per heavy atom. The third-order valence-corrected chi connectivity index (χ3v) is 4.91. The maximum Gasteiger partial charge on any atom is 0.0930 e. The predicted octanol–water partition coefficient (Wildman–Crippen LogP) is 1.54. The summed E-state index contributed by atoms with van der Waals surface area (Å²) in [4.78, 5) is 2.49. The molecule has 0 unspecified atom stereocenters. The second-order valence-corrected chi connectivity index (χ2v) is 6.61. The summed E-state index contributed by atoms with van der Waals surface area (Å²) in [6, 6.07) is 0.279. The van der Waals surface area contributed by atoms with Crippen molar-refractivity contribution in [3.8, 4) is 0 Å². The second-order valence-electron chi connectivity index (χ2n) is 6.61. The second kappa shape index (κ2) is 6.05. The van der Waals surface area contributed by atoms with Crippen LogP contribution in [0.2, 0.25) is 0 Å². The highest BCUT2D eigenvalue weighted by Gasteiger charge is 2.36. The van der Waals surface area contributed by atoms with Crippen molar-refractivity contribution in [2.24, 2.45) is 0 Å². The van der Waals surface area contributed by atoms with Crippen LogP contribution in [0.15, 0.2) is 12.4 Å². The SMILES string of the molecule is CCCn1cc(CN2CC[C@H]3OCc4cnnn4[C@H]3C2)c(C)n1. The highest BCUT2D eigenvalue weighted by Crippen LogP contribution is 2.30. The topological polar surface area (TPSA) is 61.0 Å². The van der Waals surface area contributed by atoms with E-state index in [-0.39, 0.29) is 12.1 Å². The van der Waals surface area contributed by atoms with Gasteiger partial charge in [-0.15, -0.1) is 5.10 Å². The lowest BCUT2D eigenvalue weighted by atomic mass is 10.00. The van der Waals surface area contributed by atoms with Crippen LogP contribution < -0.4 is 0 Å². The normalized spacial score (nSPS) is 24.4. The van der Waals surface area contributed by atoms with Gasteiger partial charge in [-0.2, -0.15) is 5.10 Å². The number of ether oxygens (including phenoxy) is 1. The van der Waals surface area contributed by atoms with Gasteiger partial charge in [0.05, 0.1) is 36.3 Å². The van der Waals surface area contributed by atoms with Gasteiger partial charge in [0.15, 0.2) is 0 Å². The van der Waals surface area contributed by atoms with Crippen molar-refractivity contribution in [1.29, 1.82) is 0 Å². The summed E-state index contributed by atoms with van der Waals surface area (Å²) >= 11 is 0. The smallest absolute Gasteiger partial charge is 0.0930 e. The molecule has 0 N–H and O–H groups in total. The molecule has 1 fully saturated rings. The third-order valence-electron chi connectivity index (χ3n) is 4.91. The average molecular weight is 316 g/mol. The maximum atomic E-state index is 5.98. The number of likely N-dealkylation sites (tertiary alicyclic amines) is 1. The Hall–Kier alpha value is -1.73. The third kappa shape index (κ3) is 2.79. The molecule has 4 heterocycles. The van der Waals surface area contributed by atoms with E-state index in [1.54, 1.807) is 0 Å². The van der Waals surface area contributed by atoms with Crippen molar-refractivity contribution in [3.63, 3.8) is 0 Å². The van der Waals surface area contributed by atoms with E-state index in [0.29, 0.717) is 6.61 Å². The van der Waals surface area contributed by atoms with Crippen molar-refractivity contribution in [2.45, 2.75) is 58.5 Å². The standard InChI is InChI=1S/C16H24N6O/c1-3-5-21-9-13(12(2)18-21)8-20-6-4-16-15(10-20)22-14(11-23-16)7-17-19-22/h7,9,15-16H,3-6,8,10-11H2,1-2H3/t15-,16+/m0/s1. The fourth-order valence-corrected chi connectivity index (χ4v) is 3.69. The first-order chi connectivity index (χ1) is 11.2. The predicted molar refractivity (Wildman–Crippen MR) is 84.8 cm³/mol. The summed E-state index contributed by atoms with van der Waals surface area (Å²) < 4.78 is 10.1. The number of rotatable bonds is 4. The lowest BCUT2D eigenvalue weighted by molar-refractivity contribution is -0.0670. The lowest BCUT2D eigenvalue weighted by Gasteiger charge is -2.41. The number of piperidine rings is 1. The summed E-state index contributed by atoms with van der Waals surface area (Å²) in [7, 11) is 0. The molecule has 2 aromatic heterocycles. The highest BCUT2D eigenvalue weighted by atomic mass is 16.5. The minimum atomic E-state index is 0.268. The van der Waals surface area contributed by atoms with Crippen molar-refractivity contribution < 1.29 is 4.74 Å². The number of aromatic nitrogens is 5. The van der Waals surface area contributed by atoms with Crippen molar-refractivity contribution in [2.75, 3.05) is 13.1 Å². The van der Waals surface area contributed by atoms with E-state index in [1.807, 2.05) is 6.20 Å². The van der Waals surface area contributed by atoms with E-state index >= 15 is 0 Å². The highest BCUT2D eigenvalue weighted by molar-refractivity contribution is 5.15. The Balaban J connectivity index is 1.48. The molecule has 4 rings (SSSR count). The molecule has 2 aliphatic heterocycles. The molecule has 2 atom stereocenters. The Labute approximate surface area is 136 Å². The Morgan fingerprint density at radius 2 is 2.30 bits per heavy atom. The summed E-state index contributed by atoms with van der Waals surface area (Å²) in [6.45, 7) is 8.87. The van der Waals surface area contributed by atoms with Gasteiger partial charge in [0.1, 0.15) is 0 Å². The van der Waals surface area contributed by atoms with Crippen LogP contribution in [0.1, 0.15) is 42.8 Å². The molecule has 0 saturated carbocycles. The first-order valence-electron chi connectivity index (χ1n) is 8.50. The van der Waals surface area contributed by atoms with E-state index in [1.165, 1.54) is 5.56 Å². The molecule has 7 nitrogen and oxygen atoms in total. The summed E-state index contributed by atoms with van der Waals surface area (Å²) in [6.07, 6.45) is 6.44. The van der Waals surface area contributed by atoms with Crippen LogP contribution in [0, 0.1) is 6.92 Å². The van der Waals surface area contributed by atoms with Gasteiger partial charge in [0.25, 0.3) is 0 Å². The van der Waals surface area contributed by atoms with Crippen LogP contribution in [0.3, 0.4) is 0 Å². The average Bonchev–Trinajstić information content (AvgIpc) is 3.15. The molecule has 7 heteroatoms. The molecule has 124 valence electrons. The van der Waals surface area contributed by atoms with Gasteiger partial charge in [0, 0.05) is 37.9 Å². The Bertz CT molecular complexity index is 678. The number of fused-ring (bicyclic) bond motifs is 3. The Kier molecular flexibility index (Phi) is 3.90. The molecule has 1 saturated heterocycles. The van der Waals surface area contributed by atoms with Crippen molar-refractivity contribution in [1.82, 2.24) is 29.7 Å². The van der Waals surface area contributed by atoms with Gasteiger partial charge in [-0.25, -0.2) is 4.68 Å². The van der Waals surface area contributed by atoms with Crippen LogP contribution in [0.4, 0.5) is 0 Å². The number of hydrogen-bond donors (Lipinski definition) is 0. The molecule has 23 heavy (non-hydrogen) atoms. The number of hydrogen-bond acceptors (Lipinski definition) is 5. The minimum Gasteiger partial charge on any atom is -0.370 e. The van der Waals surface area contributed by atoms with E-state index in [9.17, 15) is 0 Å². The molecule has 0 spiro atoms. The van der Waals surface area contributed by atoms with E-state index in [4.69, 9.17) is 4.74 Å². The largest absolute Gasteiger partial charge is 0.370 e. The van der Waals surface area contributed by atoms with Gasteiger partial charge < -0.3 is 4.74 Å². The summed E-state index contributed by atoms with van der Waals surface area (Å²) in [5.74, 6) is 0. The zero-order valence-corrected chi connectivity index (χ0v) is 13.9.